The van der Waals surface area contributed by atoms with Gasteiger partial charge in [0.05, 0.1) is 11.2 Å². The lowest BCUT2D eigenvalue weighted by atomic mass is 9.91. The monoisotopic (exact) mass is 650 g/mol. The molecule has 0 spiro atoms. The first-order valence-electron chi connectivity index (χ1n) is 16.3. The predicted octanol–water partition coefficient (Wildman–Crippen LogP) is 8.56. The van der Waals surface area contributed by atoms with Crippen LogP contribution >= 0.6 is 9.39 Å². The molecule has 1 aliphatic rings. The van der Waals surface area contributed by atoms with Gasteiger partial charge in [0.2, 0.25) is 0 Å². The van der Waals surface area contributed by atoms with Gasteiger partial charge in [-0.15, -0.1) is 0 Å². The van der Waals surface area contributed by atoms with E-state index in [1.165, 1.54) is 18.4 Å². The molecule has 0 amide bonds. The van der Waals surface area contributed by atoms with Crippen LogP contribution in [0.1, 0.15) is 54.6 Å². The van der Waals surface area contributed by atoms with E-state index < -0.39 is 9.39 Å². The van der Waals surface area contributed by atoms with Gasteiger partial charge in [0, 0.05) is 41.1 Å². The van der Waals surface area contributed by atoms with Crippen LogP contribution in [0.15, 0.2) is 79.7 Å². The van der Waals surface area contributed by atoms with Crippen LogP contribution in [0.4, 0.5) is 4.39 Å². The number of aromatic nitrogens is 4. The molecule has 8 heteroatoms. The molecule has 0 aliphatic carbocycles. The summed E-state index contributed by atoms with van der Waals surface area (Å²) in [7, 11) is -1.43. The van der Waals surface area contributed by atoms with Crippen molar-refractivity contribution in [2.24, 2.45) is 5.92 Å². The number of allylic oxidation sites excluding steroid dienone is 2. The molecular formula is C39H47FN6S. The van der Waals surface area contributed by atoms with E-state index in [1.54, 1.807) is 18.2 Å². The molecule has 0 bridgehead atoms. The van der Waals surface area contributed by atoms with Gasteiger partial charge in [0.1, 0.15) is 11.5 Å². The minimum absolute atomic E-state index is 0.294. The number of hydrogen-bond donors (Lipinski definition) is 4. The third-order valence-corrected chi connectivity index (χ3v) is 9.25. The van der Waals surface area contributed by atoms with Crippen LogP contribution in [0.2, 0.25) is 0 Å². The van der Waals surface area contributed by atoms with Gasteiger partial charge in [-0.05, 0) is 122 Å². The minimum Gasteiger partial charge on any atom is -0.357 e. The Bertz CT molecular complexity index is 1990. The van der Waals surface area contributed by atoms with Crippen molar-refractivity contribution in [1.82, 2.24) is 30.2 Å². The number of piperidine rings is 1. The second-order valence-electron chi connectivity index (χ2n) is 12.3. The maximum atomic E-state index is 14.9. The minimum atomic E-state index is -1.43. The Balaban J connectivity index is 0.00000213. The molecule has 0 radical (unpaired) electrons. The number of halogens is 1. The van der Waals surface area contributed by atoms with Gasteiger partial charge in [0.25, 0.3) is 0 Å². The summed E-state index contributed by atoms with van der Waals surface area (Å²) in [6.45, 7) is 12.6. The Hall–Kier alpha value is -4.24. The topological polar surface area (TPSA) is 81.4 Å². The first-order valence-corrected chi connectivity index (χ1v) is 18.7. The third-order valence-electron chi connectivity index (χ3n) is 8.41. The van der Waals surface area contributed by atoms with Crippen LogP contribution < -0.4 is 10.0 Å². The summed E-state index contributed by atoms with van der Waals surface area (Å²) in [6, 6.07) is 15.9. The number of fused-ring (bicyclic) bond motifs is 1. The highest BCUT2D eigenvalue weighted by Gasteiger charge is 2.18. The van der Waals surface area contributed by atoms with E-state index in [0.717, 1.165) is 80.9 Å². The molecule has 47 heavy (non-hydrogen) atoms. The number of nitrogens with one attached hydrogen (secondary N) is 4. The van der Waals surface area contributed by atoms with Crippen molar-refractivity contribution < 1.29 is 4.39 Å². The Kier molecular flexibility index (Phi) is 11.0. The van der Waals surface area contributed by atoms with Gasteiger partial charge >= 0.3 is 0 Å². The van der Waals surface area contributed by atoms with Crippen LogP contribution in [-0.2, 0) is 13.0 Å². The van der Waals surface area contributed by atoms with E-state index in [1.807, 2.05) is 51.6 Å². The van der Waals surface area contributed by atoms with E-state index >= 15 is 0 Å². The number of nitrogens with zero attached hydrogens (tertiary/aromatic N) is 2. The molecule has 6 rings (SSSR count). The molecule has 4 N–H and O–H groups in total. The molecule has 2 aromatic carbocycles. The maximum Gasteiger partial charge on any atom is 0.124 e. The number of aromatic amines is 2. The lowest BCUT2D eigenvalue weighted by Gasteiger charge is -2.22. The van der Waals surface area contributed by atoms with Crippen molar-refractivity contribution in [3.63, 3.8) is 0 Å². The molecule has 3 aromatic heterocycles. The van der Waals surface area contributed by atoms with Crippen molar-refractivity contribution in [3.05, 3.63) is 113 Å². The second-order valence-corrected chi connectivity index (χ2v) is 15.1. The fraction of sp³-hybridized carbons (Fsp3) is 0.282. The van der Waals surface area contributed by atoms with Gasteiger partial charge < -0.3 is 10.3 Å². The van der Waals surface area contributed by atoms with Crippen LogP contribution in [-0.4, -0.2) is 51.3 Å². The number of H-pyrrole nitrogens is 2. The molecule has 1 saturated heterocycles. The Morgan fingerprint density at radius 2 is 1.81 bits per heavy atom. The lowest BCUT2D eigenvalue weighted by molar-refractivity contribution is 0.372. The summed E-state index contributed by atoms with van der Waals surface area (Å²) in [5, 5.41) is 12.4. The van der Waals surface area contributed by atoms with Crippen LogP contribution in [0.5, 0.6) is 0 Å². The number of hydrogen-bond acceptors (Lipinski definition) is 4. The molecular weight excluding hydrogens is 604 g/mol. The Morgan fingerprint density at radius 3 is 2.55 bits per heavy atom. The average molecular weight is 651 g/mol. The molecule has 1 fully saturated rings. The predicted molar refractivity (Wildman–Crippen MR) is 203 cm³/mol. The summed E-state index contributed by atoms with van der Waals surface area (Å²) in [4.78, 5) is 8.14. The summed E-state index contributed by atoms with van der Waals surface area (Å²) in [5.74, 6) is 8.56. The van der Waals surface area contributed by atoms with E-state index in [4.69, 9.17) is 5.10 Å². The number of aryl methyl sites for hydroxylation is 1. The van der Waals surface area contributed by atoms with Crippen molar-refractivity contribution in [2.45, 2.75) is 46.6 Å². The highest BCUT2D eigenvalue weighted by atomic mass is 32.2. The fourth-order valence-electron chi connectivity index (χ4n) is 6.17. The highest BCUT2D eigenvalue weighted by Crippen LogP contribution is 2.35. The Labute approximate surface area is 279 Å². The summed E-state index contributed by atoms with van der Waals surface area (Å²) < 4.78 is 18.2. The number of benzene rings is 2. The zero-order valence-electron chi connectivity index (χ0n) is 28.1. The quantitative estimate of drug-likeness (QED) is 0.0902. The molecule has 246 valence electrons. The molecule has 4 heterocycles. The number of pyridine rings is 1. The van der Waals surface area contributed by atoms with Crippen molar-refractivity contribution in [3.8, 4) is 22.5 Å². The first kappa shape index (κ1) is 34.1. The lowest BCUT2D eigenvalue weighted by Crippen LogP contribution is -2.28. The second kappa shape index (κ2) is 15.1. The fourth-order valence-corrected chi connectivity index (χ4v) is 6.68. The zero-order valence-corrected chi connectivity index (χ0v) is 28.9. The van der Waals surface area contributed by atoms with Gasteiger partial charge in [-0.25, -0.2) is 4.39 Å². The van der Waals surface area contributed by atoms with Gasteiger partial charge in [-0.3, -0.25) is 14.8 Å². The SMILES string of the molecule is C=C/C=C(/c1cc(F)cc(CNS(=C)(=C)C)c1)c1cc(-c2n[nH]c3ccc(-c4cncc(CC5CCNCC5)c4)cc23)[nH]c1C.CC. The summed E-state index contributed by atoms with van der Waals surface area (Å²) >= 11 is 0. The van der Waals surface area contributed by atoms with Crippen LogP contribution in [0.25, 0.3) is 39.0 Å². The van der Waals surface area contributed by atoms with E-state index in [0.29, 0.717) is 12.5 Å². The Morgan fingerprint density at radius 1 is 1.02 bits per heavy atom. The van der Waals surface area contributed by atoms with Crippen molar-refractivity contribution >= 4 is 37.6 Å². The van der Waals surface area contributed by atoms with E-state index in [-0.39, 0.29) is 5.82 Å². The van der Waals surface area contributed by atoms with Crippen LogP contribution in [0.3, 0.4) is 0 Å². The molecule has 0 saturated carbocycles. The normalized spacial score (nSPS) is 14.2. The van der Waals surface area contributed by atoms with Crippen molar-refractivity contribution in [1.29, 1.82) is 0 Å². The molecule has 5 aromatic rings. The zero-order chi connectivity index (χ0) is 33.6. The summed E-state index contributed by atoms with van der Waals surface area (Å²) in [6.07, 6.45) is 13.0. The highest BCUT2D eigenvalue weighted by molar-refractivity contribution is 8.25. The number of rotatable bonds is 10. The molecule has 0 atom stereocenters. The largest absolute Gasteiger partial charge is 0.357 e. The van der Waals surface area contributed by atoms with E-state index in [2.05, 4.69) is 73.8 Å². The average Bonchev–Trinajstić information content (AvgIpc) is 3.66. The van der Waals surface area contributed by atoms with E-state index in [9.17, 15) is 4.39 Å². The smallest absolute Gasteiger partial charge is 0.124 e. The molecule has 6 nitrogen and oxygen atoms in total. The first-order chi connectivity index (χ1) is 22.7. The van der Waals surface area contributed by atoms with Gasteiger partial charge in [-0.2, -0.15) is 14.5 Å². The van der Waals surface area contributed by atoms with Gasteiger partial charge in [-0.1, -0.05) is 50.4 Å². The molecule has 0 unspecified atom stereocenters. The van der Waals surface area contributed by atoms with Gasteiger partial charge in [0.15, 0.2) is 0 Å². The van der Waals surface area contributed by atoms with Crippen LogP contribution in [0, 0.1) is 18.7 Å². The molecule has 1 aliphatic heterocycles. The maximum absolute atomic E-state index is 14.9. The standard InChI is InChI=1S/C37H41FN6S.C2H6/c1-6-7-32(29-15-27(17-31(38)18-29)22-41-45(3,4)5)33-20-36(42-24(33)2)37-34-19-28(8-9-35(34)43-44-37)30-16-26(21-40-23-30)14-25-10-12-39-13-11-25;1-2/h6-9,15-21,23,25,39,41-42H,1,3-4,10-14,22H2,2,5H3,(H,43,44);1-2H3/b32-7-;. The van der Waals surface area contributed by atoms with Crippen molar-refractivity contribution in [2.75, 3.05) is 19.3 Å². The summed E-state index contributed by atoms with van der Waals surface area (Å²) in [5.41, 5.74) is 10.5. The third kappa shape index (κ3) is 8.38.